The molecule has 0 unspecified atom stereocenters. The molecule has 112 valence electrons. The van der Waals surface area contributed by atoms with E-state index in [4.69, 9.17) is 5.73 Å². The van der Waals surface area contributed by atoms with Gasteiger partial charge in [0.25, 0.3) is 0 Å². The maximum absolute atomic E-state index is 6.16. The first-order valence-corrected chi connectivity index (χ1v) is 8.01. The zero-order valence-corrected chi connectivity index (χ0v) is 14.2. The van der Waals surface area contributed by atoms with Crippen molar-refractivity contribution in [2.24, 2.45) is 0 Å². The molecule has 0 spiro atoms. The summed E-state index contributed by atoms with van der Waals surface area (Å²) in [7, 11) is 0. The van der Waals surface area contributed by atoms with Crippen molar-refractivity contribution in [3.8, 4) is 0 Å². The van der Waals surface area contributed by atoms with E-state index in [9.17, 15) is 0 Å². The largest absolute Gasteiger partial charge is 0.396 e. The Morgan fingerprint density at radius 1 is 1.18 bits per heavy atom. The van der Waals surface area contributed by atoms with Gasteiger partial charge in [-0.05, 0) is 37.1 Å². The lowest BCUT2D eigenvalue weighted by molar-refractivity contribution is 0.887. The van der Waals surface area contributed by atoms with E-state index >= 15 is 0 Å². The van der Waals surface area contributed by atoms with Gasteiger partial charge in [0, 0.05) is 15.9 Å². The molecule has 1 atom stereocenters. The van der Waals surface area contributed by atoms with E-state index in [2.05, 4.69) is 58.3 Å². The van der Waals surface area contributed by atoms with E-state index in [0.29, 0.717) is 5.69 Å². The van der Waals surface area contributed by atoms with Crippen molar-refractivity contribution in [2.75, 3.05) is 11.1 Å². The van der Waals surface area contributed by atoms with Gasteiger partial charge in [0.1, 0.15) is 0 Å². The number of anilines is 2. The molecule has 0 aliphatic heterocycles. The van der Waals surface area contributed by atoms with E-state index < -0.39 is 0 Å². The first-order valence-electron chi connectivity index (χ1n) is 7.22. The summed E-state index contributed by atoms with van der Waals surface area (Å²) in [5, 5.41) is 4.58. The Kier molecular flexibility index (Phi) is 4.03. The Bertz CT molecular complexity index is 815. The summed E-state index contributed by atoms with van der Waals surface area (Å²) in [5.74, 6) is 0. The van der Waals surface area contributed by atoms with Gasteiger partial charge in [-0.1, -0.05) is 46.3 Å². The Morgan fingerprint density at radius 3 is 2.64 bits per heavy atom. The summed E-state index contributed by atoms with van der Waals surface area (Å²) < 4.78 is 1.05. The predicted molar refractivity (Wildman–Crippen MR) is 97.1 cm³/mol. The summed E-state index contributed by atoms with van der Waals surface area (Å²) in [6.45, 7) is 4.20. The number of nitrogens with zero attached hydrogens (tertiary/aromatic N) is 1. The number of nitrogens with two attached hydrogens (primary N) is 1. The van der Waals surface area contributed by atoms with Gasteiger partial charge < -0.3 is 11.1 Å². The minimum Gasteiger partial charge on any atom is -0.396 e. The monoisotopic (exact) mass is 355 g/mol. The summed E-state index contributed by atoms with van der Waals surface area (Å²) in [6.07, 6.45) is 1.71. The minimum absolute atomic E-state index is 0.165. The number of hydrogen-bond donors (Lipinski definition) is 2. The van der Waals surface area contributed by atoms with Crippen LogP contribution < -0.4 is 11.1 Å². The van der Waals surface area contributed by atoms with E-state index in [0.717, 1.165) is 26.6 Å². The second kappa shape index (κ2) is 5.97. The van der Waals surface area contributed by atoms with Gasteiger partial charge in [0.15, 0.2) is 0 Å². The molecule has 2 aromatic carbocycles. The third-order valence-electron chi connectivity index (χ3n) is 3.84. The summed E-state index contributed by atoms with van der Waals surface area (Å²) >= 11 is 3.56. The number of pyridine rings is 1. The fourth-order valence-corrected chi connectivity index (χ4v) is 2.87. The zero-order valence-electron chi connectivity index (χ0n) is 12.6. The maximum atomic E-state index is 6.16. The summed E-state index contributed by atoms with van der Waals surface area (Å²) in [4.78, 5) is 4.43. The second-order valence-corrected chi connectivity index (χ2v) is 6.34. The molecule has 0 aliphatic carbocycles. The average molecular weight is 356 g/mol. The van der Waals surface area contributed by atoms with Crippen LogP contribution in [0.3, 0.4) is 0 Å². The number of aromatic nitrogens is 1. The number of benzene rings is 2. The molecule has 0 saturated carbocycles. The number of halogens is 1. The van der Waals surface area contributed by atoms with Crippen LogP contribution in [0.2, 0.25) is 0 Å². The standard InChI is InChI=1S/C18H18BrN3/c1-11-8-14-17(9-15(11)19)21-10-16(20)18(14)22-12(2)13-6-4-3-5-7-13/h3-10,12H,20H2,1-2H3,(H,21,22)/t12-/m1/s1. The van der Waals surface area contributed by atoms with Crippen LogP contribution in [0.25, 0.3) is 10.9 Å². The highest BCUT2D eigenvalue weighted by Crippen LogP contribution is 2.33. The predicted octanol–water partition coefficient (Wildman–Crippen LogP) is 5.06. The number of nitrogens with one attached hydrogen (secondary N) is 1. The smallest absolute Gasteiger partial charge is 0.0743 e. The molecule has 0 aliphatic rings. The number of rotatable bonds is 3. The fraction of sp³-hybridized carbons (Fsp3) is 0.167. The van der Waals surface area contributed by atoms with Crippen LogP contribution in [-0.2, 0) is 0 Å². The third kappa shape index (κ3) is 2.79. The zero-order chi connectivity index (χ0) is 15.7. The normalized spacial score (nSPS) is 12.3. The number of nitrogen functional groups attached to an aromatic ring is 1. The fourth-order valence-electron chi connectivity index (χ4n) is 2.54. The first kappa shape index (κ1) is 14.9. The lowest BCUT2D eigenvalue weighted by atomic mass is 10.1. The molecule has 3 aromatic rings. The Balaban J connectivity index is 2.06. The van der Waals surface area contributed by atoms with E-state index in [1.54, 1.807) is 6.20 Å². The molecule has 0 fully saturated rings. The number of fused-ring (bicyclic) bond motifs is 1. The van der Waals surface area contributed by atoms with Crippen molar-refractivity contribution < 1.29 is 0 Å². The molecule has 0 amide bonds. The lowest BCUT2D eigenvalue weighted by Crippen LogP contribution is -2.09. The topological polar surface area (TPSA) is 50.9 Å². The van der Waals surface area contributed by atoms with Crippen molar-refractivity contribution in [1.29, 1.82) is 0 Å². The van der Waals surface area contributed by atoms with Crippen molar-refractivity contribution in [3.05, 3.63) is 64.3 Å². The van der Waals surface area contributed by atoms with Gasteiger partial charge in [-0.2, -0.15) is 0 Å². The quantitative estimate of drug-likeness (QED) is 0.690. The second-order valence-electron chi connectivity index (χ2n) is 5.48. The van der Waals surface area contributed by atoms with Crippen LogP contribution in [-0.4, -0.2) is 4.98 Å². The molecule has 22 heavy (non-hydrogen) atoms. The molecule has 1 heterocycles. The molecule has 3 nitrogen and oxygen atoms in total. The van der Waals surface area contributed by atoms with Crippen LogP contribution in [0, 0.1) is 6.92 Å². The van der Waals surface area contributed by atoms with Gasteiger partial charge in [0.05, 0.1) is 23.1 Å². The van der Waals surface area contributed by atoms with Crippen LogP contribution in [0.4, 0.5) is 11.4 Å². The summed E-state index contributed by atoms with van der Waals surface area (Å²) in [6, 6.07) is 14.6. The first-order chi connectivity index (χ1) is 10.6. The van der Waals surface area contributed by atoms with E-state index in [-0.39, 0.29) is 6.04 Å². The van der Waals surface area contributed by atoms with Gasteiger partial charge in [0.2, 0.25) is 0 Å². The van der Waals surface area contributed by atoms with Crippen molar-refractivity contribution in [2.45, 2.75) is 19.9 Å². The van der Waals surface area contributed by atoms with Gasteiger partial charge in [-0.15, -0.1) is 0 Å². The van der Waals surface area contributed by atoms with Crippen molar-refractivity contribution >= 4 is 38.2 Å². The van der Waals surface area contributed by atoms with E-state index in [1.165, 1.54) is 5.56 Å². The van der Waals surface area contributed by atoms with Crippen LogP contribution in [0.5, 0.6) is 0 Å². The molecule has 1 aromatic heterocycles. The van der Waals surface area contributed by atoms with Crippen molar-refractivity contribution in [1.82, 2.24) is 4.98 Å². The highest BCUT2D eigenvalue weighted by molar-refractivity contribution is 9.10. The maximum Gasteiger partial charge on any atom is 0.0743 e. The summed E-state index contributed by atoms with van der Waals surface area (Å²) in [5.41, 5.74) is 11.1. The minimum atomic E-state index is 0.165. The molecule has 0 saturated heterocycles. The van der Waals surface area contributed by atoms with Gasteiger partial charge in [-0.25, -0.2) is 0 Å². The molecule has 4 heteroatoms. The molecule has 0 radical (unpaired) electrons. The van der Waals surface area contributed by atoms with Crippen LogP contribution >= 0.6 is 15.9 Å². The highest BCUT2D eigenvalue weighted by Gasteiger charge is 2.12. The van der Waals surface area contributed by atoms with Gasteiger partial charge in [-0.3, -0.25) is 4.98 Å². The Morgan fingerprint density at radius 2 is 1.91 bits per heavy atom. The SMILES string of the molecule is Cc1cc2c(N[C@H](C)c3ccccc3)c(N)cnc2cc1Br. The number of hydrogen-bond acceptors (Lipinski definition) is 3. The lowest BCUT2D eigenvalue weighted by Gasteiger charge is -2.19. The highest BCUT2D eigenvalue weighted by atomic mass is 79.9. The van der Waals surface area contributed by atoms with Crippen molar-refractivity contribution in [3.63, 3.8) is 0 Å². The average Bonchev–Trinajstić information content (AvgIpc) is 2.53. The molecular weight excluding hydrogens is 338 g/mol. The number of aryl methyl sites for hydroxylation is 1. The molecule has 3 N–H and O–H groups in total. The van der Waals surface area contributed by atoms with Crippen LogP contribution in [0.15, 0.2) is 53.1 Å². The van der Waals surface area contributed by atoms with Gasteiger partial charge >= 0.3 is 0 Å². The molecular formula is C18H18BrN3. The molecule has 3 rings (SSSR count). The third-order valence-corrected chi connectivity index (χ3v) is 4.69. The van der Waals surface area contributed by atoms with Crippen LogP contribution in [0.1, 0.15) is 24.1 Å². The Labute approximate surface area is 138 Å². The van der Waals surface area contributed by atoms with E-state index in [1.807, 2.05) is 24.3 Å². The molecule has 0 bridgehead atoms. The Hall–Kier alpha value is -2.07.